The summed E-state index contributed by atoms with van der Waals surface area (Å²) in [5, 5.41) is 0. The molecule has 0 saturated heterocycles. The Hall–Kier alpha value is -3.21. The predicted octanol–water partition coefficient (Wildman–Crippen LogP) is 6.10. The van der Waals surface area contributed by atoms with Crippen molar-refractivity contribution in [2.75, 3.05) is 0 Å². The van der Waals surface area contributed by atoms with Gasteiger partial charge in [0, 0.05) is 5.56 Å². The molecule has 3 rings (SSSR count). The summed E-state index contributed by atoms with van der Waals surface area (Å²) in [6.45, 7) is 0. The smallest absolute Gasteiger partial charge is 0.294 e. The van der Waals surface area contributed by atoms with E-state index in [-0.39, 0.29) is 12.2 Å². The zero-order valence-electron chi connectivity index (χ0n) is 14.3. The van der Waals surface area contributed by atoms with Crippen molar-refractivity contribution in [1.82, 2.24) is 0 Å². The van der Waals surface area contributed by atoms with Gasteiger partial charge in [0.2, 0.25) is 0 Å². The second-order valence-electron chi connectivity index (χ2n) is 5.94. The molecule has 0 N–H and O–H groups in total. The molecule has 0 aliphatic rings. The van der Waals surface area contributed by atoms with Crippen LogP contribution in [0.25, 0.3) is 0 Å². The van der Waals surface area contributed by atoms with Crippen LogP contribution < -0.4 is 0 Å². The molecule has 0 spiro atoms. The molecule has 3 aromatic rings. The predicted molar refractivity (Wildman–Crippen MR) is 99.5 cm³/mol. The molecule has 0 bridgehead atoms. The van der Waals surface area contributed by atoms with Crippen LogP contribution in [0.2, 0.25) is 0 Å². The normalized spacial score (nSPS) is 12.0. The highest BCUT2D eigenvalue weighted by Gasteiger charge is 2.30. The Morgan fingerprint density at radius 2 is 1.30 bits per heavy atom. The van der Waals surface area contributed by atoms with Gasteiger partial charge in [-0.05, 0) is 29.8 Å². The number of hydrogen-bond acceptors (Lipinski definition) is 2. The lowest BCUT2D eigenvalue weighted by Crippen LogP contribution is -2.11. The van der Waals surface area contributed by atoms with Crippen molar-refractivity contribution in [3.63, 3.8) is 0 Å². The first-order valence-corrected chi connectivity index (χ1v) is 8.32. The van der Waals surface area contributed by atoms with Crippen LogP contribution in [0.15, 0.2) is 89.9 Å². The fourth-order valence-corrected chi connectivity index (χ4v) is 2.59. The van der Waals surface area contributed by atoms with E-state index in [9.17, 15) is 18.0 Å². The molecular weight excluding hydrogens is 351 g/mol. The molecule has 0 saturated carbocycles. The number of Topliss-reactive ketones (excluding diaryl/α,β-unsaturated/α-hetero) is 1. The van der Waals surface area contributed by atoms with Crippen molar-refractivity contribution in [3.05, 3.63) is 102 Å². The monoisotopic (exact) mass is 367 g/mol. The lowest BCUT2D eigenvalue weighted by Gasteiger charge is -2.10. The number of carbonyl (C=O) groups excluding carboxylic acids is 1. The van der Waals surface area contributed by atoms with E-state index in [0.29, 0.717) is 22.5 Å². The number of carbonyl (C=O) groups is 1. The first-order valence-electron chi connectivity index (χ1n) is 8.32. The number of nitrogens with zero attached hydrogens (tertiary/aromatic N) is 1. The highest BCUT2D eigenvalue weighted by molar-refractivity contribution is 6.16. The third kappa shape index (κ3) is 4.91. The molecule has 136 valence electrons. The molecule has 0 fully saturated rings. The van der Waals surface area contributed by atoms with Gasteiger partial charge < -0.3 is 0 Å². The van der Waals surface area contributed by atoms with E-state index in [1.54, 1.807) is 36.4 Å². The third-order valence-corrected chi connectivity index (χ3v) is 3.99. The number of alkyl halides is 3. The maximum Gasteiger partial charge on any atom is 0.416 e. The maximum absolute atomic E-state index is 12.8. The van der Waals surface area contributed by atoms with Crippen LogP contribution in [-0.2, 0) is 6.18 Å². The van der Waals surface area contributed by atoms with Gasteiger partial charge in [0.15, 0.2) is 5.78 Å². The van der Waals surface area contributed by atoms with Gasteiger partial charge in [-0.15, -0.1) is 0 Å². The summed E-state index contributed by atoms with van der Waals surface area (Å²) in [7, 11) is 0. The number of hydrogen-bond donors (Lipinski definition) is 0. The van der Waals surface area contributed by atoms with Crippen molar-refractivity contribution >= 4 is 17.2 Å². The Balaban J connectivity index is 1.95. The highest BCUT2D eigenvalue weighted by atomic mass is 19.4. The quantitative estimate of drug-likeness (QED) is 0.396. The van der Waals surface area contributed by atoms with Crippen LogP contribution in [0.5, 0.6) is 0 Å². The number of halogens is 3. The Morgan fingerprint density at radius 3 is 1.85 bits per heavy atom. The Kier molecular flexibility index (Phi) is 5.50. The topological polar surface area (TPSA) is 29.4 Å². The molecule has 0 heterocycles. The molecule has 27 heavy (non-hydrogen) atoms. The maximum atomic E-state index is 12.8. The molecule has 0 amide bonds. The van der Waals surface area contributed by atoms with Gasteiger partial charge in [-0.3, -0.25) is 9.79 Å². The fraction of sp³-hybridized carbons (Fsp3) is 0.0909. The SMILES string of the molecule is O=C(CC(=Nc1ccccc1)c1ccc(C(F)(F)F)cc1)c1ccccc1. The Morgan fingerprint density at radius 1 is 0.741 bits per heavy atom. The summed E-state index contributed by atoms with van der Waals surface area (Å²) in [6, 6.07) is 22.5. The molecular formula is C22H16F3NO. The fourth-order valence-electron chi connectivity index (χ4n) is 2.59. The van der Waals surface area contributed by atoms with E-state index < -0.39 is 11.7 Å². The lowest BCUT2D eigenvalue weighted by atomic mass is 9.99. The summed E-state index contributed by atoms with van der Waals surface area (Å²) in [5.41, 5.74) is 1.33. The van der Waals surface area contributed by atoms with E-state index >= 15 is 0 Å². The molecule has 5 heteroatoms. The minimum absolute atomic E-state index is 0.00965. The second-order valence-corrected chi connectivity index (χ2v) is 5.94. The molecule has 0 aromatic heterocycles. The van der Waals surface area contributed by atoms with Crippen LogP contribution in [0.1, 0.15) is 27.9 Å². The molecule has 0 aliphatic heterocycles. The van der Waals surface area contributed by atoms with Gasteiger partial charge in [-0.25, -0.2) is 0 Å². The van der Waals surface area contributed by atoms with Crippen molar-refractivity contribution in [2.24, 2.45) is 4.99 Å². The molecule has 0 atom stereocenters. The van der Waals surface area contributed by atoms with Gasteiger partial charge in [-0.2, -0.15) is 13.2 Å². The van der Waals surface area contributed by atoms with Crippen LogP contribution in [0.4, 0.5) is 18.9 Å². The van der Waals surface area contributed by atoms with E-state index in [4.69, 9.17) is 0 Å². The van der Waals surface area contributed by atoms with E-state index in [1.165, 1.54) is 12.1 Å². The Bertz CT molecular complexity index is 931. The van der Waals surface area contributed by atoms with Gasteiger partial charge in [-0.1, -0.05) is 60.7 Å². The van der Waals surface area contributed by atoms with Crippen molar-refractivity contribution in [3.8, 4) is 0 Å². The summed E-state index contributed by atoms with van der Waals surface area (Å²) in [4.78, 5) is 17.1. The number of para-hydroxylation sites is 1. The Labute approximate surface area is 155 Å². The molecule has 0 radical (unpaired) electrons. The van der Waals surface area contributed by atoms with Crippen LogP contribution >= 0.6 is 0 Å². The minimum Gasteiger partial charge on any atom is -0.294 e. The first kappa shape index (κ1) is 18.6. The van der Waals surface area contributed by atoms with Gasteiger partial charge in [0.1, 0.15) is 0 Å². The third-order valence-electron chi connectivity index (χ3n) is 3.99. The molecule has 0 aliphatic carbocycles. The average molecular weight is 367 g/mol. The summed E-state index contributed by atoms with van der Waals surface area (Å²) >= 11 is 0. The molecule has 3 aromatic carbocycles. The number of aliphatic imine (C=N–C) groups is 1. The minimum atomic E-state index is -4.41. The number of ketones is 1. The zero-order chi connectivity index (χ0) is 19.3. The van der Waals surface area contributed by atoms with Crippen molar-refractivity contribution < 1.29 is 18.0 Å². The van der Waals surface area contributed by atoms with E-state index in [2.05, 4.69) is 4.99 Å². The lowest BCUT2D eigenvalue weighted by molar-refractivity contribution is -0.137. The van der Waals surface area contributed by atoms with Gasteiger partial charge in [0.05, 0.1) is 23.4 Å². The van der Waals surface area contributed by atoms with Gasteiger partial charge >= 0.3 is 6.18 Å². The second kappa shape index (κ2) is 7.99. The zero-order valence-corrected chi connectivity index (χ0v) is 14.3. The average Bonchev–Trinajstić information content (AvgIpc) is 2.68. The summed E-state index contributed by atoms with van der Waals surface area (Å²) in [5.74, 6) is -0.148. The van der Waals surface area contributed by atoms with Crippen molar-refractivity contribution in [1.29, 1.82) is 0 Å². The number of benzene rings is 3. The summed E-state index contributed by atoms with van der Waals surface area (Å²) in [6.07, 6.45) is -4.42. The van der Waals surface area contributed by atoms with Crippen molar-refractivity contribution in [2.45, 2.75) is 12.6 Å². The highest BCUT2D eigenvalue weighted by Crippen LogP contribution is 2.29. The molecule has 2 nitrogen and oxygen atoms in total. The largest absolute Gasteiger partial charge is 0.416 e. The first-order chi connectivity index (χ1) is 12.9. The molecule has 0 unspecified atom stereocenters. The summed E-state index contributed by atoms with van der Waals surface area (Å²) < 4.78 is 38.4. The van der Waals surface area contributed by atoms with E-state index in [1.807, 2.05) is 24.3 Å². The number of rotatable bonds is 5. The van der Waals surface area contributed by atoms with Crippen LogP contribution in [0.3, 0.4) is 0 Å². The van der Waals surface area contributed by atoms with Crippen LogP contribution in [-0.4, -0.2) is 11.5 Å². The van der Waals surface area contributed by atoms with Gasteiger partial charge in [0.25, 0.3) is 0 Å². The van der Waals surface area contributed by atoms with Crippen LogP contribution in [0, 0.1) is 0 Å². The van der Waals surface area contributed by atoms with E-state index in [0.717, 1.165) is 12.1 Å². The standard InChI is InChI=1S/C22H16F3NO/c23-22(24,25)18-13-11-16(12-14-18)20(26-19-9-5-2-6-10-19)15-21(27)17-7-3-1-4-8-17/h1-14H,15H2.